The fourth-order valence-corrected chi connectivity index (χ4v) is 4.02. The highest BCUT2D eigenvalue weighted by molar-refractivity contribution is 14.1. The van der Waals surface area contributed by atoms with Crippen LogP contribution in [-0.4, -0.2) is 9.55 Å². The van der Waals surface area contributed by atoms with E-state index in [0.29, 0.717) is 0 Å². The SMILES string of the molecule is CCCn1c(CC(N)c2csc(I)c2)nc2ccccc21. The number of hydrogen-bond acceptors (Lipinski definition) is 3. The van der Waals surface area contributed by atoms with E-state index in [0.717, 1.165) is 30.7 Å². The van der Waals surface area contributed by atoms with E-state index in [9.17, 15) is 0 Å². The van der Waals surface area contributed by atoms with E-state index < -0.39 is 0 Å². The zero-order valence-corrected chi connectivity index (χ0v) is 14.9. The summed E-state index contributed by atoms with van der Waals surface area (Å²) in [5, 5.41) is 2.15. The Morgan fingerprint density at radius 3 is 2.90 bits per heavy atom. The zero-order chi connectivity index (χ0) is 14.8. The maximum absolute atomic E-state index is 6.38. The molecule has 3 aromatic rings. The molecule has 21 heavy (non-hydrogen) atoms. The smallest absolute Gasteiger partial charge is 0.111 e. The lowest BCUT2D eigenvalue weighted by Gasteiger charge is -2.12. The van der Waals surface area contributed by atoms with Gasteiger partial charge in [-0.2, -0.15) is 0 Å². The van der Waals surface area contributed by atoms with Crippen molar-refractivity contribution in [1.29, 1.82) is 0 Å². The van der Waals surface area contributed by atoms with Crippen LogP contribution in [0.4, 0.5) is 0 Å². The predicted octanol–water partition coefficient (Wildman–Crippen LogP) is 4.35. The van der Waals surface area contributed by atoms with Crippen LogP contribution in [0, 0.1) is 2.88 Å². The molecule has 0 saturated heterocycles. The summed E-state index contributed by atoms with van der Waals surface area (Å²) in [5.41, 5.74) is 9.86. The van der Waals surface area contributed by atoms with Crippen LogP contribution in [0.5, 0.6) is 0 Å². The third-order valence-corrected chi connectivity index (χ3v) is 5.41. The van der Waals surface area contributed by atoms with Crippen molar-refractivity contribution in [2.75, 3.05) is 0 Å². The molecule has 2 heterocycles. The van der Waals surface area contributed by atoms with E-state index in [4.69, 9.17) is 10.7 Å². The summed E-state index contributed by atoms with van der Waals surface area (Å²) in [4.78, 5) is 4.79. The summed E-state index contributed by atoms with van der Waals surface area (Å²) in [5.74, 6) is 1.09. The molecule has 3 nitrogen and oxygen atoms in total. The summed E-state index contributed by atoms with van der Waals surface area (Å²) in [6.45, 7) is 3.18. The van der Waals surface area contributed by atoms with E-state index in [2.05, 4.69) is 63.7 Å². The molecule has 5 heteroatoms. The molecule has 0 aliphatic carbocycles. The molecule has 0 aliphatic rings. The fraction of sp³-hybridized carbons (Fsp3) is 0.312. The van der Waals surface area contributed by atoms with Crippen LogP contribution < -0.4 is 5.73 Å². The van der Waals surface area contributed by atoms with Gasteiger partial charge in [-0.25, -0.2) is 4.98 Å². The number of para-hydroxylation sites is 2. The Labute approximate surface area is 142 Å². The van der Waals surface area contributed by atoms with Crippen LogP contribution in [0.15, 0.2) is 35.7 Å². The molecule has 110 valence electrons. The number of aromatic nitrogens is 2. The van der Waals surface area contributed by atoms with Gasteiger partial charge in [-0.3, -0.25) is 0 Å². The van der Waals surface area contributed by atoms with Crippen LogP contribution in [0.3, 0.4) is 0 Å². The summed E-state index contributed by atoms with van der Waals surface area (Å²) in [6.07, 6.45) is 1.88. The van der Waals surface area contributed by atoms with E-state index in [1.807, 2.05) is 6.07 Å². The number of thiophene rings is 1. The molecule has 0 fully saturated rings. The standard InChI is InChI=1S/C16H18IN3S/c1-2-7-20-14-6-4-3-5-13(14)19-16(20)9-12(18)11-8-15(17)21-10-11/h3-6,8,10,12H,2,7,9,18H2,1H3. The highest BCUT2D eigenvalue weighted by Gasteiger charge is 2.15. The van der Waals surface area contributed by atoms with Crippen molar-refractivity contribution in [3.05, 3.63) is 50.0 Å². The van der Waals surface area contributed by atoms with Crippen LogP contribution in [-0.2, 0) is 13.0 Å². The molecule has 1 unspecified atom stereocenters. The van der Waals surface area contributed by atoms with Gasteiger partial charge in [0.25, 0.3) is 0 Å². The van der Waals surface area contributed by atoms with Gasteiger partial charge in [-0.05, 0) is 58.2 Å². The second-order valence-corrected chi connectivity index (χ2v) is 7.97. The Morgan fingerprint density at radius 1 is 1.38 bits per heavy atom. The molecule has 0 bridgehead atoms. The Morgan fingerprint density at radius 2 is 2.19 bits per heavy atom. The molecule has 1 atom stereocenters. The Kier molecular flexibility index (Phi) is 4.61. The summed E-state index contributed by atoms with van der Waals surface area (Å²) in [6, 6.07) is 10.5. The van der Waals surface area contributed by atoms with Gasteiger partial charge in [0.05, 0.1) is 13.9 Å². The van der Waals surface area contributed by atoms with Gasteiger partial charge in [0, 0.05) is 19.0 Å². The van der Waals surface area contributed by atoms with Crippen LogP contribution in [0.1, 0.15) is 30.8 Å². The van der Waals surface area contributed by atoms with Crippen LogP contribution >= 0.6 is 33.9 Å². The lowest BCUT2D eigenvalue weighted by molar-refractivity contribution is 0.610. The Balaban J connectivity index is 1.94. The Bertz CT molecular complexity index is 747. The summed E-state index contributed by atoms with van der Waals surface area (Å²) >= 11 is 4.08. The molecule has 2 aromatic heterocycles. The van der Waals surface area contributed by atoms with Crippen LogP contribution in [0.2, 0.25) is 0 Å². The number of fused-ring (bicyclic) bond motifs is 1. The number of nitrogens with zero attached hydrogens (tertiary/aromatic N) is 2. The number of benzene rings is 1. The Hall–Kier alpha value is -0.920. The minimum absolute atomic E-state index is 0.0113. The molecule has 0 spiro atoms. The van der Waals surface area contributed by atoms with Crippen molar-refractivity contribution in [3.8, 4) is 0 Å². The van der Waals surface area contributed by atoms with E-state index >= 15 is 0 Å². The van der Waals surface area contributed by atoms with Gasteiger partial charge in [0.15, 0.2) is 0 Å². The lowest BCUT2D eigenvalue weighted by atomic mass is 10.1. The molecule has 1 aromatic carbocycles. The highest BCUT2D eigenvalue weighted by atomic mass is 127. The third-order valence-electron chi connectivity index (χ3n) is 3.60. The number of halogens is 1. The molecule has 0 saturated carbocycles. The van der Waals surface area contributed by atoms with Gasteiger partial charge in [0.2, 0.25) is 0 Å². The quantitative estimate of drug-likeness (QED) is 0.635. The first kappa shape index (κ1) is 15.0. The molecular weight excluding hydrogens is 393 g/mol. The van der Waals surface area contributed by atoms with Gasteiger partial charge < -0.3 is 10.3 Å². The summed E-state index contributed by atoms with van der Waals surface area (Å²) in [7, 11) is 0. The average molecular weight is 411 g/mol. The van der Waals surface area contributed by atoms with Gasteiger partial charge in [-0.15, -0.1) is 11.3 Å². The lowest BCUT2D eigenvalue weighted by Crippen LogP contribution is -2.16. The third kappa shape index (κ3) is 3.14. The maximum Gasteiger partial charge on any atom is 0.111 e. The van der Waals surface area contributed by atoms with Gasteiger partial charge >= 0.3 is 0 Å². The zero-order valence-electron chi connectivity index (χ0n) is 11.9. The number of hydrogen-bond donors (Lipinski definition) is 1. The highest BCUT2D eigenvalue weighted by Crippen LogP contribution is 2.25. The second-order valence-electron chi connectivity index (χ2n) is 5.16. The number of nitrogens with two attached hydrogens (primary N) is 1. The average Bonchev–Trinajstić information content (AvgIpc) is 3.04. The van der Waals surface area contributed by atoms with Crippen molar-refractivity contribution in [3.63, 3.8) is 0 Å². The normalized spacial score (nSPS) is 12.9. The first-order valence-corrected chi connectivity index (χ1v) is 9.08. The molecule has 3 rings (SSSR count). The predicted molar refractivity (Wildman–Crippen MR) is 97.7 cm³/mol. The van der Waals surface area contributed by atoms with Crippen molar-refractivity contribution in [2.24, 2.45) is 5.73 Å². The largest absolute Gasteiger partial charge is 0.328 e. The minimum Gasteiger partial charge on any atom is -0.328 e. The van der Waals surface area contributed by atoms with Crippen molar-refractivity contribution < 1.29 is 0 Å². The second kappa shape index (κ2) is 6.46. The number of rotatable bonds is 5. The number of imidazole rings is 1. The topological polar surface area (TPSA) is 43.8 Å². The van der Waals surface area contributed by atoms with Crippen molar-refractivity contribution in [1.82, 2.24) is 9.55 Å². The first-order chi connectivity index (χ1) is 10.2. The number of aryl methyl sites for hydroxylation is 1. The van der Waals surface area contributed by atoms with E-state index in [1.165, 1.54) is 14.0 Å². The van der Waals surface area contributed by atoms with Gasteiger partial charge in [0.1, 0.15) is 5.82 Å². The van der Waals surface area contributed by atoms with Crippen LogP contribution in [0.25, 0.3) is 11.0 Å². The monoisotopic (exact) mass is 411 g/mol. The molecule has 0 aliphatic heterocycles. The first-order valence-electron chi connectivity index (χ1n) is 7.12. The van der Waals surface area contributed by atoms with Crippen molar-refractivity contribution in [2.45, 2.75) is 32.4 Å². The molecular formula is C16H18IN3S. The van der Waals surface area contributed by atoms with Crippen molar-refractivity contribution >= 4 is 45.0 Å². The molecule has 0 radical (unpaired) electrons. The van der Waals surface area contributed by atoms with E-state index in [-0.39, 0.29) is 6.04 Å². The van der Waals surface area contributed by atoms with E-state index in [1.54, 1.807) is 11.3 Å². The fourth-order valence-electron chi connectivity index (χ4n) is 2.59. The maximum atomic E-state index is 6.38. The van der Waals surface area contributed by atoms with Gasteiger partial charge in [-0.1, -0.05) is 19.1 Å². The minimum atomic E-state index is 0.0113. The molecule has 0 amide bonds. The summed E-state index contributed by atoms with van der Waals surface area (Å²) < 4.78 is 3.59. The molecule has 2 N–H and O–H groups in total.